The molecule has 2 rings (SSSR count). The first-order chi connectivity index (χ1) is 11.7. The zero-order valence-corrected chi connectivity index (χ0v) is 15.9. The van der Waals surface area contributed by atoms with Gasteiger partial charge < -0.3 is 14.4 Å². The van der Waals surface area contributed by atoms with E-state index >= 15 is 0 Å². The Kier molecular flexibility index (Phi) is 8.78. The summed E-state index contributed by atoms with van der Waals surface area (Å²) in [6.45, 7) is 2.54. The van der Waals surface area contributed by atoms with Gasteiger partial charge in [-0.2, -0.15) is 11.3 Å². The molecule has 0 radical (unpaired) electrons. The number of rotatable bonds is 10. The summed E-state index contributed by atoms with van der Waals surface area (Å²) in [6.07, 6.45) is 8.15. The molecular weight excluding hydrogens is 322 g/mol. The maximum Gasteiger partial charge on any atom is 0.306 e. The fourth-order valence-electron chi connectivity index (χ4n) is 3.33. The van der Waals surface area contributed by atoms with Crippen molar-refractivity contribution in [3.63, 3.8) is 0 Å². The number of methoxy groups -OCH3 is 1. The Balaban J connectivity index is 1.49. The lowest BCUT2D eigenvalue weighted by molar-refractivity contribution is -0.140. The summed E-state index contributed by atoms with van der Waals surface area (Å²) in [5.74, 6) is 0.696. The molecule has 0 atom stereocenters. The van der Waals surface area contributed by atoms with Gasteiger partial charge in [-0.15, -0.1) is 0 Å². The van der Waals surface area contributed by atoms with Gasteiger partial charge >= 0.3 is 5.97 Å². The van der Waals surface area contributed by atoms with Crippen molar-refractivity contribution in [2.75, 3.05) is 33.9 Å². The minimum Gasteiger partial charge on any atom is -0.469 e. The second-order valence-electron chi connectivity index (χ2n) is 6.83. The highest BCUT2D eigenvalue weighted by Crippen LogP contribution is 2.29. The summed E-state index contributed by atoms with van der Waals surface area (Å²) >= 11 is 1.80. The predicted octanol–water partition coefficient (Wildman–Crippen LogP) is 3.75. The van der Waals surface area contributed by atoms with E-state index in [2.05, 4.69) is 26.5 Å². The highest BCUT2D eigenvalue weighted by molar-refractivity contribution is 7.07. The lowest BCUT2D eigenvalue weighted by Gasteiger charge is -2.28. The third-order valence-electron chi connectivity index (χ3n) is 4.86. The molecule has 0 N–H and O–H groups in total. The zero-order valence-electron chi connectivity index (χ0n) is 15.0. The highest BCUT2D eigenvalue weighted by Gasteiger charge is 2.21. The summed E-state index contributed by atoms with van der Waals surface area (Å²) in [7, 11) is 3.48. The van der Waals surface area contributed by atoms with Crippen molar-refractivity contribution in [2.45, 2.75) is 51.0 Å². The van der Waals surface area contributed by atoms with Crippen LogP contribution in [0.1, 0.15) is 44.1 Å². The molecule has 1 aromatic rings. The number of carbonyl (C=O) groups is 1. The maximum atomic E-state index is 11.1. The van der Waals surface area contributed by atoms with E-state index in [-0.39, 0.29) is 5.97 Å². The molecule has 1 saturated carbocycles. The minimum atomic E-state index is -0.141. The van der Waals surface area contributed by atoms with Crippen LogP contribution in [0.4, 0.5) is 0 Å². The lowest BCUT2D eigenvalue weighted by Crippen LogP contribution is -2.26. The zero-order chi connectivity index (χ0) is 17.2. The summed E-state index contributed by atoms with van der Waals surface area (Å²) in [4.78, 5) is 13.3. The van der Waals surface area contributed by atoms with Crippen LogP contribution in [0.2, 0.25) is 0 Å². The van der Waals surface area contributed by atoms with E-state index in [1.807, 2.05) is 7.05 Å². The SMILES string of the molecule is COC(=O)CCN(C)CCCOC1CCC(Cc2ccsc2)CC1. The Bertz CT molecular complexity index is 455. The van der Waals surface area contributed by atoms with Crippen molar-refractivity contribution >= 4 is 17.3 Å². The largest absolute Gasteiger partial charge is 0.469 e. The van der Waals surface area contributed by atoms with Crippen LogP contribution in [0.25, 0.3) is 0 Å². The molecule has 0 aromatic carbocycles. The van der Waals surface area contributed by atoms with E-state index in [1.54, 1.807) is 11.3 Å². The van der Waals surface area contributed by atoms with Gasteiger partial charge in [0, 0.05) is 19.7 Å². The van der Waals surface area contributed by atoms with Gasteiger partial charge in [-0.05, 0) is 73.9 Å². The Labute approximate surface area is 150 Å². The molecule has 136 valence electrons. The van der Waals surface area contributed by atoms with Crippen molar-refractivity contribution in [3.8, 4) is 0 Å². The van der Waals surface area contributed by atoms with Crippen molar-refractivity contribution < 1.29 is 14.3 Å². The molecule has 1 aliphatic rings. The smallest absolute Gasteiger partial charge is 0.306 e. The van der Waals surface area contributed by atoms with E-state index in [0.717, 1.165) is 32.0 Å². The summed E-state index contributed by atoms with van der Waals surface area (Å²) < 4.78 is 10.7. The van der Waals surface area contributed by atoms with Gasteiger partial charge in [-0.1, -0.05) is 0 Å². The van der Waals surface area contributed by atoms with Crippen LogP contribution >= 0.6 is 11.3 Å². The molecule has 0 amide bonds. The Hall–Kier alpha value is -0.910. The van der Waals surface area contributed by atoms with Crippen molar-refractivity contribution in [3.05, 3.63) is 22.4 Å². The van der Waals surface area contributed by atoms with Crippen LogP contribution in [-0.2, 0) is 20.7 Å². The monoisotopic (exact) mass is 353 g/mol. The fourth-order valence-corrected chi connectivity index (χ4v) is 4.01. The summed E-state index contributed by atoms with van der Waals surface area (Å²) in [5, 5.41) is 4.45. The van der Waals surface area contributed by atoms with Crippen LogP contribution in [0.5, 0.6) is 0 Å². The second kappa shape index (κ2) is 10.9. The summed E-state index contributed by atoms with van der Waals surface area (Å²) in [5.41, 5.74) is 1.50. The van der Waals surface area contributed by atoms with E-state index in [0.29, 0.717) is 12.5 Å². The van der Waals surface area contributed by atoms with Gasteiger partial charge in [0.1, 0.15) is 0 Å². The molecule has 24 heavy (non-hydrogen) atoms. The molecule has 1 aliphatic carbocycles. The van der Waals surface area contributed by atoms with Crippen molar-refractivity contribution in [1.29, 1.82) is 0 Å². The van der Waals surface area contributed by atoms with Gasteiger partial charge in [0.2, 0.25) is 0 Å². The number of nitrogens with zero attached hydrogens (tertiary/aromatic N) is 1. The van der Waals surface area contributed by atoms with Gasteiger partial charge in [0.25, 0.3) is 0 Å². The average molecular weight is 354 g/mol. The Morgan fingerprint density at radius 1 is 1.29 bits per heavy atom. The highest BCUT2D eigenvalue weighted by atomic mass is 32.1. The third-order valence-corrected chi connectivity index (χ3v) is 5.59. The number of carbonyl (C=O) groups excluding carboxylic acids is 1. The first-order valence-corrected chi connectivity index (χ1v) is 9.99. The van der Waals surface area contributed by atoms with Crippen LogP contribution in [0.15, 0.2) is 16.8 Å². The molecule has 1 fully saturated rings. The number of hydrogen-bond donors (Lipinski definition) is 0. The summed E-state index contributed by atoms with van der Waals surface area (Å²) in [6, 6.07) is 2.25. The molecule has 5 heteroatoms. The van der Waals surface area contributed by atoms with Gasteiger partial charge in [-0.3, -0.25) is 4.79 Å². The van der Waals surface area contributed by atoms with Crippen LogP contribution in [0.3, 0.4) is 0 Å². The fraction of sp³-hybridized carbons (Fsp3) is 0.737. The topological polar surface area (TPSA) is 38.8 Å². The number of esters is 1. The Morgan fingerprint density at radius 3 is 2.75 bits per heavy atom. The number of hydrogen-bond acceptors (Lipinski definition) is 5. The lowest BCUT2D eigenvalue weighted by atomic mass is 9.84. The minimum absolute atomic E-state index is 0.141. The van der Waals surface area contributed by atoms with Crippen LogP contribution < -0.4 is 0 Å². The van der Waals surface area contributed by atoms with Crippen LogP contribution in [0, 0.1) is 5.92 Å². The average Bonchev–Trinajstić information content (AvgIpc) is 3.11. The molecule has 1 heterocycles. The maximum absolute atomic E-state index is 11.1. The van der Waals surface area contributed by atoms with Crippen molar-refractivity contribution in [1.82, 2.24) is 4.90 Å². The predicted molar refractivity (Wildman–Crippen MR) is 98.5 cm³/mol. The molecule has 0 saturated heterocycles. The van der Waals surface area contributed by atoms with Crippen molar-refractivity contribution in [2.24, 2.45) is 5.92 Å². The van der Waals surface area contributed by atoms with E-state index < -0.39 is 0 Å². The van der Waals surface area contributed by atoms with E-state index in [9.17, 15) is 4.79 Å². The first-order valence-electron chi connectivity index (χ1n) is 9.05. The van der Waals surface area contributed by atoms with E-state index in [1.165, 1.54) is 44.8 Å². The molecule has 1 aromatic heterocycles. The molecular formula is C19H31NO3S. The quantitative estimate of drug-likeness (QED) is 0.474. The molecule has 4 nitrogen and oxygen atoms in total. The third kappa shape index (κ3) is 7.32. The first kappa shape index (κ1) is 19.4. The van der Waals surface area contributed by atoms with Gasteiger partial charge in [-0.25, -0.2) is 0 Å². The number of ether oxygens (including phenoxy) is 2. The standard InChI is InChI=1S/C19H31NO3S/c1-20(11-8-19(21)22-2)10-3-12-23-18-6-4-16(5-7-18)14-17-9-13-24-15-17/h9,13,15-16,18H,3-8,10-12,14H2,1-2H3. The van der Waals surface area contributed by atoms with E-state index in [4.69, 9.17) is 4.74 Å². The van der Waals surface area contributed by atoms with Crippen LogP contribution in [-0.4, -0.2) is 50.8 Å². The normalized spacial score (nSPS) is 21.1. The molecule has 0 unspecified atom stereocenters. The number of thiophene rings is 1. The van der Waals surface area contributed by atoms with Gasteiger partial charge in [0.15, 0.2) is 0 Å². The molecule has 0 bridgehead atoms. The second-order valence-corrected chi connectivity index (χ2v) is 7.61. The van der Waals surface area contributed by atoms with Gasteiger partial charge in [0.05, 0.1) is 19.6 Å². The molecule has 0 aliphatic heterocycles. The molecule has 0 spiro atoms. The Morgan fingerprint density at radius 2 is 2.08 bits per heavy atom.